The third kappa shape index (κ3) is 4.79. The Kier molecular flexibility index (Phi) is 6.28. The molecule has 0 aliphatic carbocycles. The lowest BCUT2D eigenvalue weighted by molar-refractivity contribution is -0.119. The summed E-state index contributed by atoms with van der Waals surface area (Å²) in [6.45, 7) is 6.42. The van der Waals surface area contributed by atoms with Gasteiger partial charge in [0.2, 0.25) is 11.9 Å². The minimum Gasteiger partial charge on any atom is -0.489 e. The number of aromatic nitrogens is 3. The fourth-order valence-corrected chi connectivity index (χ4v) is 4.68. The molecule has 34 heavy (non-hydrogen) atoms. The van der Waals surface area contributed by atoms with E-state index in [4.69, 9.17) is 25.8 Å². The molecule has 0 bridgehead atoms. The predicted octanol–water partition coefficient (Wildman–Crippen LogP) is 3.54. The monoisotopic (exact) mass is 482 g/mol. The summed E-state index contributed by atoms with van der Waals surface area (Å²) in [5, 5.41) is 7.47. The van der Waals surface area contributed by atoms with E-state index < -0.39 is 0 Å². The van der Waals surface area contributed by atoms with Crippen LogP contribution in [0.2, 0.25) is 5.02 Å². The second-order valence-corrected chi connectivity index (χ2v) is 9.17. The molecule has 1 N–H and O–H groups in total. The van der Waals surface area contributed by atoms with Gasteiger partial charge in [-0.25, -0.2) is 4.98 Å². The van der Waals surface area contributed by atoms with Crippen molar-refractivity contribution >= 4 is 29.3 Å². The highest BCUT2D eigenvalue weighted by Gasteiger charge is 2.28. The van der Waals surface area contributed by atoms with Gasteiger partial charge < -0.3 is 24.4 Å². The van der Waals surface area contributed by atoms with Crippen LogP contribution < -0.4 is 19.9 Å². The molecule has 10 heteroatoms. The molecule has 2 aromatic heterocycles. The van der Waals surface area contributed by atoms with E-state index in [1.807, 2.05) is 31.2 Å². The molecule has 3 aromatic rings. The zero-order chi connectivity index (χ0) is 23.7. The van der Waals surface area contributed by atoms with E-state index in [2.05, 4.69) is 25.3 Å². The third-order valence-electron chi connectivity index (χ3n) is 6.25. The molecule has 2 atom stereocenters. The van der Waals surface area contributed by atoms with E-state index in [9.17, 15) is 4.79 Å². The number of nitrogens with zero attached hydrogens (tertiary/aromatic N) is 5. The van der Waals surface area contributed by atoms with Crippen molar-refractivity contribution in [3.8, 4) is 5.75 Å². The van der Waals surface area contributed by atoms with E-state index >= 15 is 0 Å². The van der Waals surface area contributed by atoms with Gasteiger partial charge in [-0.2, -0.15) is 4.98 Å². The number of halogens is 1. The van der Waals surface area contributed by atoms with Gasteiger partial charge in [-0.15, -0.1) is 0 Å². The number of anilines is 2. The minimum atomic E-state index is -0.0473. The van der Waals surface area contributed by atoms with Crippen LogP contribution in [0.25, 0.3) is 0 Å². The van der Waals surface area contributed by atoms with E-state index in [0.29, 0.717) is 24.1 Å². The maximum atomic E-state index is 11.3. The van der Waals surface area contributed by atoms with Crippen molar-refractivity contribution in [3.63, 3.8) is 0 Å². The lowest BCUT2D eigenvalue weighted by atomic mass is 10.1. The van der Waals surface area contributed by atoms with Gasteiger partial charge in [0.05, 0.1) is 31.0 Å². The zero-order valence-electron chi connectivity index (χ0n) is 19.2. The summed E-state index contributed by atoms with van der Waals surface area (Å²) in [4.78, 5) is 24.8. The largest absolute Gasteiger partial charge is 0.489 e. The van der Waals surface area contributed by atoms with Gasteiger partial charge in [0.25, 0.3) is 0 Å². The Morgan fingerprint density at radius 3 is 2.88 bits per heavy atom. The van der Waals surface area contributed by atoms with Crippen molar-refractivity contribution in [2.45, 2.75) is 45.4 Å². The smallest absolute Gasteiger partial charge is 0.227 e. The van der Waals surface area contributed by atoms with E-state index in [1.165, 1.54) is 6.92 Å². The molecule has 4 heterocycles. The first-order chi connectivity index (χ1) is 16.5. The molecule has 178 valence electrons. The van der Waals surface area contributed by atoms with Crippen molar-refractivity contribution in [1.29, 1.82) is 0 Å². The fraction of sp³-hybridized carbons (Fsp3) is 0.417. The van der Waals surface area contributed by atoms with Gasteiger partial charge in [0.1, 0.15) is 23.1 Å². The van der Waals surface area contributed by atoms with E-state index in [1.54, 1.807) is 12.5 Å². The zero-order valence-corrected chi connectivity index (χ0v) is 20.0. The number of benzene rings is 1. The number of amides is 1. The van der Waals surface area contributed by atoms with Crippen LogP contribution in [0.1, 0.15) is 43.1 Å². The van der Waals surface area contributed by atoms with Gasteiger partial charge in [0.15, 0.2) is 5.82 Å². The van der Waals surface area contributed by atoms with Crippen LogP contribution in [-0.4, -0.2) is 46.8 Å². The van der Waals surface area contributed by atoms with Gasteiger partial charge in [-0.05, 0) is 24.6 Å². The number of hydrogen-bond donors (Lipinski definition) is 1. The Labute approximate surface area is 203 Å². The Hall–Kier alpha value is -3.33. The van der Waals surface area contributed by atoms with Crippen LogP contribution in [0.5, 0.6) is 5.75 Å². The first-order valence-electron chi connectivity index (χ1n) is 11.4. The summed E-state index contributed by atoms with van der Waals surface area (Å²) < 4.78 is 11.3. The number of ether oxygens (including phenoxy) is 1. The molecular weight excluding hydrogens is 456 g/mol. The molecule has 1 aromatic carbocycles. The topological polar surface area (TPSA) is 96.6 Å². The van der Waals surface area contributed by atoms with Crippen LogP contribution in [0, 0.1) is 0 Å². The van der Waals surface area contributed by atoms with Crippen LogP contribution in [-0.2, 0) is 17.8 Å². The SMILES string of the molecule is CC(=O)N[C@@H](C)c1ccc(O[C@@H]2CCN(c3nc(N4CCc5nocc5C4)ncc3Cl)C2)cc1. The second kappa shape index (κ2) is 9.50. The van der Waals surface area contributed by atoms with Gasteiger partial charge in [-0.1, -0.05) is 28.9 Å². The molecular formula is C24H27ClN6O3. The Morgan fingerprint density at radius 1 is 1.26 bits per heavy atom. The molecule has 2 aliphatic heterocycles. The standard InChI is InChI=1S/C24H27ClN6O3/c1-15(27-16(2)32)17-3-5-19(6-4-17)34-20-7-9-30(13-20)23-21(25)11-26-24(28-23)31-10-8-22-18(12-31)14-33-29-22/h3-6,11,14-15,20H,7-10,12-13H2,1-2H3,(H,27,32)/t15-,20+/m0/s1. The first-order valence-corrected chi connectivity index (χ1v) is 11.8. The molecule has 5 rings (SSSR count). The van der Waals surface area contributed by atoms with E-state index in [-0.39, 0.29) is 18.1 Å². The number of nitrogens with one attached hydrogen (secondary N) is 1. The highest BCUT2D eigenvalue weighted by atomic mass is 35.5. The molecule has 0 unspecified atom stereocenters. The maximum Gasteiger partial charge on any atom is 0.227 e. The number of rotatable bonds is 6. The summed E-state index contributed by atoms with van der Waals surface area (Å²) in [5.41, 5.74) is 3.10. The fourth-order valence-electron chi connectivity index (χ4n) is 4.47. The van der Waals surface area contributed by atoms with Gasteiger partial charge in [0, 0.05) is 38.4 Å². The van der Waals surface area contributed by atoms with Crippen molar-refractivity contribution in [2.75, 3.05) is 29.4 Å². The number of carbonyl (C=O) groups excluding carboxylic acids is 1. The van der Waals surface area contributed by atoms with Gasteiger partial charge in [-0.3, -0.25) is 4.79 Å². The maximum absolute atomic E-state index is 11.3. The van der Waals surface area contributed by atoms with Crippen molar-refractivity contribution < 1.29 is 14.1 Å². The van der Waals surface area contributed by atoms with Crippen LogP contribution >= 0.6 is 11.6 Å². The predicted molar refractivity (Wildman–Crippen MR) is 128 cm³/mol. The number of hydrogen-bond acceptors (Lipinski definition) is 8. The van der Waals surface area contributed by atoms with Crippen molar-refractivity contribution in [2.24, 2.45) is 0 Å². The number of carbonyl (C=O) groups is 1. The average Bonchev–Trinajstić information content (AvgIpc) is 3.48. The Morgan fingerprint density at radius 2 is 2.09 bits per heavy atom. The Balaban J connectivity index is 1.23. The molecule has 9 nitrogen and oxygen atoms in total. The quantitative estimate of drug-likeness (QED) is 0.570. The highest BCUT2D eigenvalue weighted by Crippen LogP contribution is 2.31. The summed E-state index contributed by atoms with van der Waals surface area (Å²) in [7, 11) is 0. The average molecular weight is 483 g/mol. The van der Waals surface area contributed by atoms with Crippen molar-refractivity contribution in [1.82, 2.24) is 20.4 Å². The second-order valence-electron chi connectivity index (χ2n) is 8.77. The normalized spacial score (nSPS) is 18.5. The minimum absolute atomic E-state index is 0.0302. The summed E-state index contributed by atoms with van der Waals surface area (Å²) in [6, 6.07) is 7.81. The van der Waals surface area contributed by atoms with Gasteiger partial charge >= 0.3 is 0 Å². The molecule has 1 fully saturated rings. The number of fused-ring (bicyclic) bond motifs is 1. The molecule has 2 aliphatic rings. The molecule has 0 saturated carbocycles. The van der Waals surface area contributed by atoms with Crippen LogP contribution in [0.4, 0.5) is 11.8 Å². The van der Waals surface area contributed by atoms with Crippen LogP contribution in [0.15, 0.2) is 41.2 Å². The summed E-state index contributed by atoms with van der Waals surface area (Å²) in [6.07, 6.45) is 5.06. The molecule has 0 radical (unpaired) electrons. The third-order valence-corrected chi connectivity index (χ3v) is 6.52. The van der Waals surface area contributed by atoms with Crippen molar-refractivity contribution in [3.05, 3.63) is 58.6 Å². The van der Waals surface area contributed by atoms with E-state index in [0.717, 1.165) is 54.3 Å². The Bertz CT molecular complexity index is 1170. The molecule has 1 amide bonds. The highest BCUT2D eigenvalue weighted by molar-refractivity contribution is 6.32. The molecule has 0 spiro atoms. The lowest BCUT2D eigenvalue weighted by Crippen LogP contribution is -2.32. The summed E-state index contributed by atoms with van der Waals surface area (Å²) >= 11 is 6.49. The summed E-state index contributed by atoms with van der Waals surface area (Å²) in [5.74, 6) is 2.14. The first kappa shape index (κ1) is 22.5. The molecule has 1 saturated heterocycles. The lowest BCUT2D eigenvalue weighted by Gasteiger charge is -2.27. The van der Waals surface area contributed by atoms with Crippen LogP contribution in [0.3, 0.4) is 0 Å².